The van der Waals surface area contributed by atoms with Gasteiger partial charge in [0.25, 0.3) is 10.0 Å². The van der Waals surface area contributed by atoms with Crippen molar-refractivity contribution in [2.24, 2.45) is 0 Å². The van der Waals surface area contributed by atoms with Crippen molar-refractivity contribution < 1.29 is 17.5 Å². The molecule has 166 valence electrons. The number of rotatable bonds is 4. The van der Waals surface area contributed by atoms with Gasteiger partial charge >= 0.3 is 0 Å². The smallest absolute Gasteiger partial charge is 0.258 e. The molecule has 11 heteroatoms. The van der Waals surface area contributed by atoms with E-state index in [-0.39, 0.29) is 17.5 Å². The minimum absolute atomic E-state index is 0.0258. The summed E-state index contributed by atoms with van der Waals surface area (Å²) in [4.78, 5) is 14.5. The third-order valence-electron chi connectivity index (χ3n) is 6.08. The molecule has 1 N–H and O–H groups in total. The van der Waals surface area contributed by atoms with E-state index in [1.807, 2.05) is 13.0 Å². The van der Waals surface area contributed by atoms with Gasteiger partial charge in [-0.1, -0.05) is 0 Å². The number of hydrogen-bond donors (Lipinski definition) is 1. The van der Waals surface area contributed by atoms with Crippen molar-refractivity contribution in [1.82, 2.24) is 24.1 Å². The zero-order valence-corrected chi connectivity index (χ0v) is 18.1. The molecule has 0 radical (unpaired) electrons. The quantitative estimate of drug-likeness (QED) is 0.503. The highest BCUT2D eigenvalue weighted by molar-refractivity contribution is 7.90. The Bertz CT molecular complexity index is 1460. The Kier molecular flexibility index (Phi) is 4.28. The monoisotopic (exact) mass is 456 g/mol. The lowest BCUT2D eigenvalue weighted by molar-refractivity contribution is 0.0987. The molecule has 0 bridgehead atoms. The van der Waals surface area contributed by atoms with Gasteiger partial charge in [0.05, 0.1) is 36.1 Å². The van der Waals surface area contributed by atoms with Crippen molar-refractivity contribution in [3.63, 3.8) is 0 Å². The summed E-state index contributed by atoms with van der Waals surface area (Å²) in [7, 11) is -3.66. The van der Waals surface area contributed by atoms with E-state index in [4.69, 9.17) is 9.72 Å². The first kappa shape index (κ1) is 19.6. The Balaban J connectivity index is 1.64. The van der Waals surface area contributed by atoms with E-state index < -0.39 is 21.1 Å². The average Bonchev–Trinajstić information content (AvgIpc) is 3.39. The van der Waals surface area contributed by atoms with E-state index in [0.29, 0.717) is 54.9 Å². The third kappa shape index (κ3) is 2.99. The van der Waals surface area contributed by atoms with E-state index >= 15 is 0 Å². The Labute approximate surface area is 183 Å². The number of halogens is 1. The second kappa shape index (κ2) is 6.97. The molecule has 4 aromatic rings. The maximum atomic E-state index is 14.4. The molecule has 4 heterocycles. The highest BCUT2D eigenvalue weighted by Crippen LogP contribution is 2.36. The van der Waals surface area contributed by atoms with Crippen molar-refractivity contribution >= 4 is 37.8 Å². The fourth-order valence-corrected chi connectivity index (χ4v) is 5.84. The normalized spacial score (nSPS) is 19.8. The number of anilines is 1. The van der Waals surface area contributed by atoms with Crippen LogP contribution in [0.25, 0.3) is 33.3 Å². The van der Waals surface area contributed by atoms with Gasteiger partial charge in [-0.2, -0.15) is 5.10 Å². The lowest BCUT2D eigenvalue weighted by Gasteiger charge is -2.34. The van der Waals surface area contributed by atoms with Crippen molar-refractivity contribution in [1.29, 1.82) is 0 Å². The van der Waals surface area contributed by atoms with Crippen LogP contribution in [-0.2, 0) is 14.8 Å². The van der Waals surface area contributed by atoms with Crippen LogP contribution in [0.5, 0.6) is 0 Å². The molecular weight excluding hydrogens is 435 g/mol. The Morgan fingerprint density at radius 2 is 2.06 bits per heavy atom. The van der Waals surface area contributed by atoms with Gasteiger partial charge in [0.1, 0.15) is 11.6 Å². The topological polar surface area (TPSA) is 106 Å². The molecule has 1 aromatic carbocycles. The number of nitrogens with zero attached hydrogens (tertiary/aromatic N) is 5. The predicted octanol–water partition coefficient (Wildman–Crippen LogP) is 2.68. The van der Waals surface area contributed by atoms with Crippen LogP contribution < -0.4 is 4.90 Å². The first-order valence-corrected chi connectivity index (χ1v) is 12.1. The number of H-pyrrole nitrogens is 1. The number of nitrogens with one attached hydrogen (secondary N) is 1. The summed E-state index contributed by atoms with van der Waals surface area (Å²) >= 11 is 0. The SMILES string of the molecule is CC1COCCN1c1nc(-c2cc(F)cc3[nH]ccc23)nc2c1cnn2S(=O)(=O)C1CC1. The molecule has 1 atom stereocenters. The molecular formula is C21H21FN6O3S. The van der Waals surface area contributed by atoms with Crippen molar-refractivity contribution in [2.45, 2.75) is 31.1 Å². The summed E-state index contributed by atoms with van der Waals surface area (Å²) < 4.78 is 47.1. The van der Waals surface area contributed by atoms with Crippen LogP contribution in [0.1, 0.15) is 19.8 Å². The highest BCUT2D eigenvalue weighted by atomic mass is 32.2. The Morgan fingerprint density at radius 3 is 2.84 bits per heavy atom. The minimum atomic E-state index is -3.66. The Hall–Kier alpha value is -3.05. The molecule has 1 aliphatic heterocycles. The van der Waals surface area contributed by atoms with Crippen LogP contribution in [0.15, 0.2) is 30.6 Å². The molecule has 0 spiro atoms. The van der Waals surface area contributed by atoms with Gasteiger partial charge in [-0.05, 0) is 38.0 Å². The van der Waals surface area contributed by atoms with Crippen molar-refractivity contribution in [3.05, 3.63) is 36.4 Å². The van der Waals surface area contributed by atoms with Gasteiger partial charge < -0.3 is 14.6 Å². The average molecular weight is 457 g/mol. The molecule has 6 rings (SSSR count). The number of benzene rings is 1. The van der Waals surface area contributed by atoms with Gasteiger partial charge in [-0.25, -0.2) is 22.8 Å². The summed E-state index contributed by atoms with van der Waals surface area (Å²) in [5, 5.41) is 5.06. The number of fused-ring (bicyclic) bond motifs is 2. The van der Waals surface area contributed by atoms with E-state index in [1.54, 1.807) is 6.20 Å². The van der Waals surface area contributed by atoms with Gasteiger partial charge in [0.15, 0.2) is 11.5 Å². The van der Waals surface area contributed by atoms with Crippen molar-refractivity contribution in [2.75, 3.05) is 24.7 Å². The largest absolute Gasteiger partial charge is 0.377 e. The third-order valence-corrected chi connectivity index (χ3v) is 8.14. The number of aromatic amines is 1. The molecule has 2 fully saturated rings. The molecule has 2 aliphatic rings. The second-order valence-corrected chi connectivity index (χ2v) is 10.4. The number of aromatic nitrogens is 5. The zero-order valence-electron chi connectivity index (χ0n) is 17.3. The fourth-order valence-electron chi connectivity index (χ4n) is 4.26. The number of morpholine rings is 1. The molecule has 3 aromatic heterocycles. The molecule has 9 nitrogen and oxygen atoms in total. The molecule has 0 amide bonds. The molecule has 1 unspecified atom stereocenters. The second-order valence-electron chi connectivity index (χ2n) is 8.35. The first-order chi connectivity index (χ1) is 15.4. The lowest BCUT2D eigenvalue weighted by atomic mass is 10.1. The molecule has 1 saturated carbocycles. The van der Waals surface area contributed by atoms with Crippen LogP contribution in [0, 0.1) is 5.82 Å². The summed E-state index contributed by atoms with van der Waals surface area (Å²) in [6.07, 6.45) is 4.46. The van der Waals surface area contributed by atoms with Gasteiger partial charge in [0, 0.05) is 29.2 Å². The van der Waals surface area contributed by atoms with Gasteiger partial charge in [0.2, 0.25) is 0 Å². The maximum absolute atomic E-state index is 14.4. The summed E-state index contributed by atoms with van der Waals surface area (Å²) in [6.45, 7) is 3.67. The van der Waals surface area contributed by atoms with Gasteiger partial charge in [-0.15, -0.1) is 4.09 Å². The zero-order chi connectivity index (χ0) is 22.0. The summed E-state index contributed by atoms with van der Waals surface area (Å²) in [5.41, 5.74) is 1.31. The van der Waals surface area contributed by atoms with E-state index in [9.17, 15) is 12.8 Å². The summed E-state index contributed by atoms with van der Waals surface area (Å²) in [6, 6.07) is 4.63. The predicted molar refractivity (Wildman–Crippen MR) is 118 cm³/mol. The van der Waals surface area contributed by atoms with Crippen LogP contribution in [-0.4, -0.2) is 63.6 Å². The molecule has 1 aliphatic carbocycles. The van der Waals surface area contributed by atoms with E-state index in [0.717, 1.165) is 9.47 Å². The van der Waals surface area contributed by atoms with E-state index in [2.05, 4.69) is 20.0 Å². The molecule has 1 saturated heterocycles. The van der Waals surface area contributed by atoms with Crippen molar-refractivity contribution in [3.8, 4) is 11.4 Å². The number of hydrogen-bond acceptors (Lipinski definition) is 7. The van der Waals surface area contributed by atoms with Crippen LogP contribution >= 0.6 is 0 Å². The molecule has 32 heavy (non-hydrogen) atoms. The minimum Gasteiger partial charge on any atom is -0.377 e. The lowest BCUT2D eigenvalue weighted by Crippen LogP contribution is -2.44. The van der Waals surface area contributed by atoms with Crippen LogP contribution in [0.4, 0.5) is 10.2 Å². The number of ether oxygens (including phenoxy) is 1. The van der Waals surface area contributed by atoms with Crippen LogP contribution in [0.2, 0.25) is 0 Å². The first-order valence-electron chi connectivity index (χ1n) is 10.5. The standard InChI is InChI=1S/C21H21FN6O3S/c1-12-11-31-7-6-27(12)20-17-10-24-28(32(29,30)14-2-3-14)21(17)26-19(25-20)16-8-13(22)9-18-15(16)4-5-23-18/h4-5,8-10,12,14,23H,2-3,6-7,11H2,1H3. The van der Waals surface area contributed by atoms with E-state index in [1.165, 1.54) is 18.3 Å². The maximum Gasteiger partial charge on any atom is 0.258 e. The Morgan fingerprint density at radius 1 is 1.22 bits per heavy atom. The van der Waals surface area contributed by atoms with Crippen LogP contribution in [0.3, 0.4) is 0 Å². The summed E-state index contributed by atoms with van der Waals surface area (Å²) in [5.74, 6) is 0.396. The highest BCUT2D eigenvalue weighted by Gasteiger charge is 2.39. The van der Waals surface area contributed by atoms with Gasteiger partial charge in [-0.3, -0.25) is 0 Å². The fraction of sp³-hybridized carbons (Fsp3) is 0.381.